The molecule has 106 valence electrons. The van der Waals surface area contributed by atoms with Crippen LogP contribution in [0.3, 0.4) is 0 Å². The molecule has 0 saturated heterocycles. The molecule has 4 rings (SSSR count). The standard InChI is InChI=1S/C20H21N/c1-21(2)20-9-5-8-16-18-11-10-14-6-3-4-7-15(14)17(18)12-13-19(16)20/h3,5-6,8-11H,4,7,12-13H2,1-2H3. The van der Waals surface area contributed by atoms with Crippen LogP contribution in [0.2, 0.25) is 0 Å². The summed E-state index contributed by atoms with van der Waals surface area (Å²) in [5.74, 6) is 0. The molecule has 0 aromatic heterocycles. The Morgan fingerprint density at radius 3 is 2.48 bits per heavy atom. The van der Waals surface area contributed by atoms with Crippen molar-refractivity contribution in [2.24, 2.45) is 0 Å². The molecule has 1 heteroatoms. The van der Waals surface area contributed by atoms with Crippen LogP contribution in [-0.2, 0) is 19.3 Å². The van der Waals surface area contributed by atoms with Crippen LogP contribution in [0, 0.1) is 0 Å². The van der Waals surface area contributed by atoms with E-state index in [9.17, 15) is 0 Å². The summed E-state index contributed by atoms with van der Waals surface area (Å²) in [5.41, 5.74) is 10.4. The first-order valence-electron chi connectivity index (χ1n) is 7.86. The van der Waals surface area contributed by atoms with Crippen LogP contribution >= 0.6 is 0 Å². The van der Waals surface area contributed by atoms with Crippen molar-refractivity contribution in [1.82, 2.24) is 0 Å². The zero-order chi connectivity index (χ0) is 14.4. The zero-order valence-electron chi connectivity index (χ0n) is 12.8. The van der Waals surface area contributed by atoms with Crippen molar-refractivity contribution in [3.63, 3.8) is 0 Å². The third kappa shape index (κ3) is 1.91. The number of fused-ring (bicyclic) bond motifs is 5. The smallest absolute Gasteiger partial charge is 0.0399 e. The maximum Gasteiger partial charge on any atom is 0.0399 e. The minimum absolute atomic E-state index is 1.16. The fourth-order valence-electron chi connectivity index (χ4n) is 3.90. The van der Waals surface area contributed by atoms with Gasteiger partial charge in [-0.3, -0.25) is 0 Å². The van der Waals surface area contributed by atoms with Gasteiger partial charge in [0.15, 0.2) is 0 Å². The van der Waals surface area contributed by atoms with Gasteiger partial charge in [-0.2, -0.15) is 0 Å². The third-order valence-electron chi connectivity index (χ3n) is 4.87. The molecule has 2 aliphatic carbocycles. The molecular weight excluding hydrogens is 254 g/mol. The topological polar surface area (TPSA) is 3.24 Å². The van der Waals surface area contributed by atoms with Crippen LogP contribution in [0.15, 0.2) is 36.4 Å². The van der Waals surface area contributed by atoms with E-state index >= 15 is 0 Å². The van der Waals surface area contributed by atoms with Crippen LogP contribution < -0.4 is 4.90 Å². The summed E-state index contributed by atoms with van der Waals surface area (Å²) >= 11 is 0. The summed E-state index contributed by atoms with van der Waals surface area (Å²) in [6.45, 7) is 0. The summed E-state index contributed by atoms with van der Waals surface area (Å²) in [6.07, 6.45) is 9.34. The number of allylic oxidation sites excluding steroid dienone is 1. The predicted octanol–water partition coefficient (Wildman–Crippen LogP) is 4.48. The Bertz CT molecular complexity index is 738. The van der Waals surface area contributed by atoms with Crippen LogP contribution in [0.5, 0.6) is 0 Å². The molecule has 0 bridgehead atoms. The summed E-state index contributed by atoms with van der Waals surface area (Å²) in [4.78, 5) is 2.24. The molecule has 0 spiro atoms. The summed E-state index contributed by atoms with van der Waals surface area (Å²) in [5, 5.41) is 0. The molecule has 2 aliphatic rings. The molecule has 0 radical (unpaired) electrons. The van der Waals surface area contributed by atoms with E-state index in [-0.39, 0.29) is 0 Å². The highest BCUT2D eigenvalue weighted by atomic mass is 15.1. The Labute approximate surface area is 126 Å². The van der Waals surface area contributed by atoms with Crippen LogP contribution in [-0.4, -0.2) is 14.1 Å². The second kappa shape index (κ2) is 4.77. The lowest BCUT2D eigenvalue weighted by atomic mass is 9.79. The average Bonchev–Trinajstić information content (AvgIpc) is 2.53. The molecule has 0 fully saturated rings. The van der Waals surface area contributed by atoms with E-state index in [1.54, 1.807) is 11.1 Å². The van der Waals surface area contributed by atoms with Crippen molar-refractivity contribution < 1.29 is 0 Å². The Morgan fingerprint density at radius 1 is 0.810 bits per heavy atom. The van der Waals surface area contributed by atoms with Crippen molar-refractivity contribution in [3.05, 3.63) is 58.7 Å². The molecule has 2 aromatic rings. The van der Waals surface area contributed by atoms with E-state index in [0.717, 1.165) is 6.42 Å². The summed E-state index contributed by atoms with van der Waals surface area (Å²) in [6, 6.07) is 11.4. The molecule has 0 aliphatic heterocycles. The number of anilines is 1. The van der Waals surface area contributed by atoms with Gasteiger partial charge >= 0.3 is 0 Å². The van der Waals surface area contributed by atoms with E-state index in [1.165, 1.54) is 47.2 Å². The number of rotatable bonds is 1. The van der Waals surface area contributed by atoms with Gasteiger partial charge in [-0.05, 0) is 65.1 Å². The third-order valence-corrected chi connectivity index (χ3v) is 4.87. The number of benzene rings is 2. The Kier molecular flexibility index (Phi) is 2.88. The van der Waals surface area contributed by atoms with Crippen LogP contribution in [0.1, 0.15) is 28.7 Å². The fraction of sp³-hybridized carbons (Fsp3) is 0.300. The van der Waals surface area contributed by atoms with Crippen molar-refractivity contribution >= 4 is 11.8 Å². The van der Waals surface area contributed by atoms with Gasteiger partial charge in [-0.1, -0.05) is 36.4 Å². The zero-order valence-corrected chi connectivity index (χ0v) is 12.8. The van der Waals surface area contributed by atoms with Gasteiger partial charge in [0.2, 0.25) is 0 Å². The first-order valence-corrected chi connectivity index (χ1v) is 7.86. The quantitative estimate of drug-likeness (QED) is 0.742. The van der Waals surface area contributed by atoms with Gasteiger partial charge in [-0.25, -0.2) is 0 Å². The molecule has 0 saturated carbocycles. The Hall–Kier alpha value is -2.02. The maximum atomic E-state index is 2.33. The highest BCUT2D eigenvalue weighted by Crippen LogP contribution is 2.41. The maximum absolute atomic E-state index is 2.33. The van der Waals surface area contributed by atoms with Crippen LogP contribution in [0.4, 0.5) is 5.69 Å². The molecule has 0 atom stereocenters. The number of nitrogens with zero attached hydrogens (tertiary/aromatic N) is 1. The van der Waals surface area contributed by atoms with Gasteiger partial charge < -0.3 is 4.90 Å². The largest absolute Gasteiger partial charge is 0.377 e. The SMILES string of the molecule is CN(C)c1cccc2c1CCc1c-2ccc2c1CCC=C2. The van der Waals surface area contributed by atoms with Gasteiger partial charge in [0, 0.05) is 19.8 Å². The molecule has 21 heavy (non-hydrogen) atoms. The van der Waals surface area contributed by atoms with Crippen LogP contribution in [0.25, 0.3) is 17.2 Å². The first kappa shape index (κ1) is 12.7. The van der Waals surface area contributed by atoms with E-state index in [0.29, 0.717) is 0 Å². The molecule has 0 unspecified atom stereocenters. The molecule has 2 aromatic carbocycles. The summed E-state index contributed by atoms with van der Waals surface area (Å²) < 4.78 is 0. The van der Waals surface area contributed by atoms with Gasteiger partial charge in [0.1, 0.15) is 0 Å². The lowest BCUT2D eigenvalue weighted by Crippen LogP contribution is -2.16. The minimum Gasteiger partial charge on any atom is -0.377 e. The van der Waals surface area contributed by atoms with Gasteiger partial charge in [0.25, 0.3) is 0 Å². The molecule has 0 N–H and O–H groups in total. The highest BCUT2D eigenvalue weighted by Gasteiger charge is 2.22. The molecular formula is C20H21N. The Balaban J connectivity index is 1.94. The van der Waals surface area contributed by atoms with Crippen molar-refractivity contribution in [1.29, 1.82) is 0 Å². The second-order valence-corrected chi connectivity index (χ2v) is 6.30. The lowest BCUT2D eigenvalue weighted by Gasteiger charge is -2.28. The minimum atomic E-state index is 1.16. The van der Waals surface area contributed by atoms with Crippen molar-refractivity contribution in [2.45, 2.75) is 25.7 Å². The lowest BCUT2D eigenvalue weighted by molar-refractivity contribution is 0.882. The summed E-state index contributed by atoms with van der Waals surface area (Å²) in [7, 11) is 4.28. The van der Waals surface area contributed by atoms with Gasteiger partial charge in [0.05, 0.1) is 0 Å². The van der Waals surface area contributed by atoms with Crippen molar-refractivity contribution in [2.75, 3.05) is 19.0 Å². The average molecular weight is 275 g/mol. The highest BCUT2D eigenvalue weighted by molar-refractivity contribution is 5.81. The second-order valence-electron chi connectivity index (χ2n) is 6.30. The number of hydrogen-bond donors (Lipinski definition) is 0. The molecule has 0 heterocycles. The molecule has 1 nitrogen and oxygen atoms in total. The molecule has 0 amide bonds. The normalized spacial score (nSPS) is 15.1. The van der Waals surface area contributed by atoms with E-state index in [4.69, 9.17) is 0 Å². The van der Waals surface area contributed by atoms with Gasteiger partial charge in [-0.15, -0.1) is 0 Å². The first-order chi connectivity index (χ1) is 10.3. The Morgan fingerprint density at radius 2 is 1.62 bits per heavy atom. The van der Waals surface area contributed by atoms with E-state index in [2.05, 4.69) is 61.5 Å². The van der Waals surface area contributed by atoms with Crippen molar-refractivity contribution in [3.8, 4) is 11.1 Å². The fourth-order valence-corrected chi connectivity index (χ4v) is 3.90. The number of hydrogen-bond acceptors (Lipinski definition) is 1. The predicted molar refractivity (Wildman–Crippen MR) is 91.0 cm³/mol. The monoisotopic (exact) mass is 275 g/mol. The van der Waals surface area contributed by atoms with E-state index < -0.39 is 0 Å². The van der Waals surface area contributed by atoms with E-state index in [1.807, 2.05) is 0 Å².